The van der Waals surface area contributed by atoms with Crippen molar-refractivity contribution in [2.75, 3.05) is 32.8 Å². The Balaban J connectivity index is 1.97. The lowest BCUT2D eigenvalue weighted by atomic mass is 10.00. The Kier molecular flexibility index (Phi) is 7.45. The fourth-order valence-electron chi connectivity index (χ4n) is 2.61. The van der Waals surface area contributed by atoms with Gasteiger partial charge in [-0.25, -0.2) is 4.79 Å². The van der Waals surface area contributed by atoms with E-state index in [1.54, 1.807) is 38.5 Å². The molecule has 3 N–H and O–H groups in total. The number of rotatable bonds is 9. The zero-order chi connectivity index (χ0) is 19.7. The fraction of sp³-hybridized carbons (Fsp3) is 0.350. The second-order valence-electron chi connectivity index (χ2n) is 6.32. The van der Waals surface area contributed by atoms with Crippen LogP contribution in [0, 0.1) is 0 Å². The van der Waals surface area contributed by atoms with Crippen LogP contribution in [0.1, 0.15) is 13.3 Å². The van der Waals surface area contributed by atoms with Gasteiger partial charge in [-0.05, 0) is 49.7 Å². The molecule has 0 unspecified atom stereocenters. The zero-order valence-corrected chi connectivity index (χ0v) is 15.8. The molecule has 0 aromatic heterocycles. The third-order valence-corrected chi connectivity index (χ3v) is 3.95. The lowest BCUT2D eigenvalue weighted by molar-refractivity contribution is 0.104. The van der Waals surface area contributed by atoms with Gasteiger partial charge in [0.25, 0.3) is 0 Å². The summed E-state index contributed by atoms with van der Waals surface area (Å²) >= 11 is 0. The van der Waals surface area contributed by atoms with Crippen LogP contribution in [0.2, 0.25) is 0 Å². The molecule has 0 aliphatic heterocycles. The van der Waals surface area contributed by atoms with Crippen molar-refractivity contribution < 1.29 is 24.1 Å². The summed E-state index contributed by atoms with van der Waals surface area (Å²) in [4.78, 5) is 12.2. The molecule has 2 rings (SSSR count). The van der Waals surface area contributed by atoms with Crippen molar-refractivity contribution in [2.24, 2.45) is 0 Å². The number of hydrogen-bond acceptors (Lipinski definition) is 5. The first-order chi connectivity index (χ1) is 13.0. The summed E-state index contributed by atoms with van der Waals surface area (Å²) < 4.78 is 16.2. The van der Waals surface area contributed by atoms with Gasteiger partial charge in [-0.2, -0.15) is 0 Å². The molecule has 0 heterocycles. The standard InChI is InChI=1S/C20H26N2O5/c1-20(12-13-23,14-25-2)22-19(24)21-15-8-10-16(11-9-15)27-18-7-5-4-6-17(18)26-3/h4-11,23H,12-14H2,1-3H3,(H2,21,22,24)/t20-/m0/s1. The van der Waals surface area contributed by atoms with Gasteiger partial charge in [0.15, 0.2) is 11.5 Å². The maximum Gasteiger partial charge on any atom is 0.319 e. The summed E-state index contributed by atoms with van der Waals surface area (Å²) in [5, 5.41) is 14.8. The smallest absolute Gasteiger partial charge is 0.319 e. The average molecular weight is 374 g/mol. The normalized spacial score (nSPS) is 12.7. The minimum atomic E-state index is -0.652. The molecule has 146 valence electrons. The van der Waals surface area contributed by atoms with Crippen LogP contribution in [0.5, 0.6) is 17.2 Å². The van der Waals surface area contributed by atoms with E-state index in [1.165, 1.54) is 0 Å². The first-order valence-corrected chi connectivity index (χ1v) is 8.59. The predicted molar refractivity (Wildman–Crippen MR) is 104 cm³/mol. The molecule has 7 heteroatoms. The number of ether oxygens (including phenoxy) is 3. The highest BCUT2D eigenvalue weighted by atomic mass is 16.5. The molecular formula is C20H26N2O5. The fourth-order valence-corrected chi connectivity index (χ4v) is 2.61. The molecule has 0 aliphatic rings. The number of anilines is 1. The number of carbonyl (C=O) groups excluding carboxylic acids is 1. The van der Waals surface area contributed by atoms with Crippen LogP contribution in [0.25, 0.3) is 0 Å². The Bertz CT molecular complexity index is 727. The van der Waals surface area contributed by atoms with Gasteiger partial charge in [0.2, 0.25) is 0 Å². The van der Waals surface area contributed by atoms with E-state index in [-0.39, 0.29) is 12.6 Å². The van der Waals surface area contributed by atoms with Crippen LogP contribution in [0.4, 0.5) is 10.5 Å². The highest BCUT2D eigenvalue weighted by Gasteiger charge is 2.25. The second-order valence-corrected chi connectivity index (χ2v) is 6.32. The number of hydrogen-bond donors (Lipinski definition) is 3. The molecular weight excluding hydrogens is 348 g/mol. The van der Waals surface area contributed by atoms with E-state index in [4.69, 9.17) is 14.2 Å². The quantitative estimate of drug-likeness (QED) is 0.626. The topological polar surface area (TPSA) is 89.1 Å². The lowest BCUT2D eigenvalue weighted by Gasteiger charge is -2.29. The summed E-state index contributed by atoms with van der Waals surface area (Å²) in [5.74, 6) is 1.87. The van der Waals surface area contributed by atoms with E-state index in [1.807, 2.05) is 31.2 Å². The Hall–Kier alpha value is -2.77. The number of benzene rings is 2. The van der Waals surface area contributed by atoms with Crippen molar-refractivity contribution in [1.29, 1.82) is 0 Å². The van der Waals surface area contributed by atoms with Crippen LogP contribution < -0.4 is 20.1 Å². The molecule has 27 heavy (non-hydrogen) atoms. The number of aliphatic hydroxyl groups is 1. The summed E-state index contributed by atoms with van der Waals surface area (Å²) in [6.45, 7) is 2.07. The van der Waals surface area contributed by atoms with Crippen LogP contribution in [-0.4, -0.2) is 44.1 Å². The molecule has 2 aromatic rings. The number of para-hydroxylation sites is 2. The van der Waals surface area contributed by atoms with Crippen molar-refractivity contribution in [3.63, 3.8) is 0 Å². The molecule has 1 atom stereocenters. The van der Waals surface area contributed by atoms with Gasteiger partial charge >= 0.3 is 6.03 Å². The van der Waals surface area contributed by atoms with Crippen molar-refractivity contribution in [3.8, 4) is 17.2 Å². The third kappa shape index (κ3) is 6.16. The minimum Gasteiger partial charge on any atom is -0.493 e. The van der Waals surface area contributed by atoms with Gasteiger partial charge in [0.05, 0.1) is 19.3 Å². The second kappa shape index (κ2) is 9.80. The Morgan fingerprint density at radius 1 is 1.07 bits per heavy atom. The van der Waals surface area contributed by atoms with Crippen LogP contribution >= 0.6 is 0 Å². The Morgan fingerprint density at radius 2 is 1.74 bits per heavy atom. The van der Waals surface area contributed by atoms with E-state index in [2.05, 4.69) is 10.6 Å². The highest BCUT2D eigenvalue weighted by molar-refractivity contribution is 5.89. The van der Waals surface area contributed by atoms with Gasteiger partial charge in [-0.15, -0.1) is 0 Å². The first kappa shape index (κ1) is 20.5. The maximum absolute atomic E-state index is 12.2. The summed E-state index contributed by atoms with van der Waals surface area (Å²) in [7, 11) is 3.14. The van der Waals surface area contributed by atoms with Crippen LogP contribution in [0.15, 0.2) is 48.5 Å². The first-order valence-electron chi connectivity index (χ1n) is 8.59. The van der Waals surface area contributed by atoms with Crippen molar-refractivity contribution in [2.45, 2.75) is 18.9 Å². The number of methoxy groups -OCH3 is 2. The third-order valence-electron chi connectivity index (χ3n) is 3.95. The van der Waals surface area contributed by atoms with E-state index >= 15 is 0 Å². The number of aliphatic hydroxyl groups excluding tert-OH is 1. The molecule has 0 saturated heterocycles. The van der Waals surface area contributed by atoms with E-state index in [9.17, 15) is 9.90 Å². The summed E-state index contributed by atoms with van der Waals surface area (Å²) in [6.07, 6.45) is 0.389. The number of carbonyl (C=O) groups is 1. The summed E-state index contributed by atoms with van der Waals surface area (Å²) in [6, 6.07) is 14.0. The van der Waals surface area contributed by atoms with Gasteiger partial charge < -0.3 is 30.0 Å². The van der Waals surface area contributed by atoms with Gasteiger partial charge in [0, 0.05) is 19.4 Å². The van der Waals surface area contributed by atoms with Crippen molar-refractivity contribution in [1.82, 2.24) is 5.32 Å². The molecule has 0 fully saturated rings. The monoisotopic (exact) mass is 374 g/mol. The molecule has 7 nitrogen and oxygen atoms in total. The van der Waals surface area contributed by atoms with Crippen molar-refractivity contribution in [3.05, 3.63) is 48.5 Å². The Labute approximate surface area is 159 Å². The predicted octanol–water partition coefficient (Wildman–Crippen LogP) is 3.40. The largest absolute Gasteiger partial charge is 0.493 e. The van der Waals surface area contributed by atoms with Gasteiger partial charge in [0.1, 0.15) is 5.75 Å². The molecule has 0 bridgehead atoms. The van der Waals surface area contributed by atoms with Crippen LogP contribution in [-0.2, 0) is 4.74 Å². The Morgan fingerprint density at radius 3 is 2.33 bits per heavy atom. The van der Waals surface area contributed by atoms with Crippen LogP contribution in [0.3, 0.4) is 0 Å². The van der Waals surface area contributed by atoms with E-state index in [0.29, 0.717) is 36.0 Å². The van der Waals surface area contributed by atoms with E-state index in [0.717, 1.165) is 0 Å². The molecule has 0 radical (unpaired) electrons. The molecule has 2 aromatic carbocycles. The molecule has 0 saturated carbocycles. The number of nitrogens with one attached hydrogen (secondary N) is 2. The van der Waals surface area contributed by atoms with Gasteiger partial charge in [-0.1, -0.05) is 12.1 Å². The minimum absolute atomic E-state index is 0.0465. The lowest BCUT2D eigenvalue weighted by Crippen LogP contribution is -2.51. The van der Waals surface area contributed by atoms with E-state index < -0.39 is 5.54 Å². The number of urea groups is 1. The SMILES string of the molecule is COC[C@](C)(CCO)NC(=O)Nc1ccc(Oc2ccccc2OC)cc1. The molecule has 2 amide bonds. The molecule has 0 aliphatic carbocycles. The maximum atomic E-state index is 12.2. The van der Waals surface area contributed by atoms with Gasteiger partial charge in [-0.3, -0.25) is 0 Å². The molecule has 0 spiro atoms. The highest BCUT2D eigenvalue weighted by Crippen LogP contribution is 2.31. The average Bonchev–Trinajstić information content (AvgIpc) is 2.64. The summed E-state index contributed by atoms with van der Waals surface area (Å²) in [5.41, 5.74) is -0.0378. The number of amides is 2. The zero-order valence-electron chi connectivity index (χ0n) is 15.8. The van der Waals surface area contributed by atoms with Crippen molar-refractivity contribution >= 4 is 11.7 Å².